The molecule has 2 heteroatoms. The lowest BCUT2D eigenvalue weighted by atomic mass is 10.0. The molecule has 16 heavy (non-hydrogen) atoms. The van der Waals surface area contributed by atoms with E-state index in [4.69, 9.17) is 0 Å². The first-order chi connectivity index (χ1) is 7.43. The van der Waals surface area contributed by atoms with Crippen LogP contribution >= 0.6 is 0 Å². The summed E-state index contributed by atoms with van der Waals surface area (Å²) in [5.41, 5.74) is 0. The van der Waals surface area contributed by atoms with E-state index in [-0.39, 0.29) is 11.6 Å². The second-order valence-electron chi connectivity index (χ2n) is 5.14. The third-order valence-corrected chi connectivity index (χ3v) is 3.35. The summed E-state index contributed by atoms with van der Waals surface area (Å²) in [6.07, 6.45) is 6.22. The molecule has 2 nitrogen and oxygen atoms in total. The van der Waals surface area contributed by atoms with E-state index in [9.17, 15) is 9.59 Å². The number of ketones is 2. The summed E-state index contributed by atoms with van der Waals surface area (Å²) >= 11 is 0. The van der Waals surface area contributed by atoms with Gasteiger partial charge in [-0.25, -0.2) is 0 Å². The van der Waals surface area contributed by atoms with Gasteiger partial charge in [-0.2, -0.15) is 0 Å². The largest absolute Gasteiger partial charge is 0.300 e. The van der Waals surface area contributed by atoms with Gasteiger partial charge < -0.3 is 9.59 Å². The normalized spacial score (nSPS) is 23.5. The molecule has 94 valence electrons. The first-order valence-corrected chi connectivity index (χ1v) is 6.42. The van der Waals surface area contributed by atoms with E-state index in [1.54, 1.807) is 13.8 Å². The van der Waals surface area contributed by atoms with Gasteiger partial charge in [-0.1, -0.05) is 33.1 Å². The standard InChI is InChI=1S/C7H12O2.C7H14/c1-6(8)4-3-5-7(2)9;1-6-4-3-5-7(6)2/h3-5H2,1-2H3;6-7H,3-5H2,1-2H3. The average Bonchev–Trinajstić information content (AvgIpc) is 2.51. The molecule has 0 aromatic heterocycles. The molecule has 1 rings (SSSR count). The van der Waals surface area contributed by atoms with Crippen LogP contribution in [0.5, 0.6) is 0 Å². The lowest BCUT2D eigenvalue weighted by molar-refractivity contribution is -0.118. The maximum absolute atomic E-state index is 10.3. The van der Waals surface area contributed by atoms with Crippen molar-refractivity contribution in [2.24, 2.45) is 11.8 Å². The Kier molecular flexibility index (Phi) is 8.14. The lowest BCUT2D eigenvalue weighted by Gasteiger charge is -2.05. The Hall–Kier alpha value is -0.660. The third-order valence-electron chi connectivity index (χ3n) is 3.35. The van der Waals surface area contributed by atoms with Crippen molar-refractivity contribution in [2.45, 2.75) is 66.2 Å². The first kappa shape index (κ1) is 15.3. The average molecular weight is 226 g/mol. The molecule has 0 heterocycles. The van der Waals surface area contributed by atoms with Gasteiger partial charge in [0.15, 0.2) is 0 Å². The van der Waals surface area contributed by atoms with E-state index in [0.29, 0.717) is 19.3 Å². The predicted octanol–water partition coefficient (Wildman–Crippen LogP) is 3.78. The number of hydrogen-bond donors (Lipinski definition) is 0. The molecular formula is C14H26O2. The molecule has 0 aromatic rings. The molecule has 0 amide bonds. The summed E-state index contributed by atoms with van der Waals surface area (Å²) in [7, 11) is 0. The number of carbonyl (C=O) groups is 2. The zero-order valence-corrected chi connectivity index (χ0v) is 11.2. The maximum atomic E-state index is 10.3. The number of carbonyl (C=O) groups excluding carboxylic acids is 2. The van der Waals surface area contributed by atoms with Crippen molar-refractivity contribution < 1.29 is 9.59 Å². The van der Waals surface area contributed by atoms with Crippen molar-refractivity contribution >= 4 is 11.6 Å². The zero-order chi connectivity index (χ0) is 12.6. The van der Waals surface area contributed by atoms with Crippen LogP contribution in [0.15, 0.2) is 0 Å². The van der Waals surface area contributed by atoms with Crippen LogP contribution in [-0.2, 0) is 9.59 Å². The minimum absolute atomic E-state index is 0.163. The smallest absolute Gasteiger partial charge is 0.129 e. The van der Waals surface area contributed by atoms with Crippen LogP contribution in [-0.4, -0.2) is 11.6 Å². The summed E-state index contributed by atoms with van der Waals surface area (Å²) in [6, 6.07) is 0. The van der Waals surface area contributed by atoms with Crippen molar-refractivity contribution in [1.82, 2.24) is 0 Å². The van der Waals surface area contributed by atoms with E-state index in [1.165, 1.54) is 19.3 Å². The minimum atomic E-state index is 0.163. The zero-order valence-electron chi connectivity index (χ0n) is 11.2. The predicted molar refractivity (Wildman–Crippen MR) is 67.4 cm³/mol. The second kappa shape index (κ2) is 8.49. The summed E-state index contributed by atoms with van der Waals surface area (Å²) in [6.45, 7) is 7.80. The van der Waals surface area contributed by atoms with Crippen molar-refractivity contribution in [3.8, 4) is 0 Å². The molecule has 0 aliphatic heterocycles. The van der Waals surface area contributed by atoms with Gasteiger partial charge in [0.1, 0.15) is 11.6 Å². The van der Waals surface area contributed by atoms with E-state index in [1.807, 2.05) is 0 Å². The van der Waals surface area contributed by atoms with Crippen LogP contribution in [0, 0.1) is 11.8 Å². The lowest BCUT2D eigenvalue weighted by Crippen LogP contribution is -1.95. The van der Waals surface area contributed by atoms with Gasteiger partial charge >= 0.3 is 0 Å². The van der Waals surface area contributed by atoms with E-state index in [0.717, 1.165) is 11.8 Å². The molecule has 1 saturated carbocycles. The Balaban J connectivity index is 0.000000288. The Bertz CT molecular complexity index is 199. The molecule has 2 atom stereocenters. The highest BCUT2D eigenvalue weighted by Crippen LogP contribution is 2.29. The topological polar surface area (TPSA) is 34.1 Å². The highest BCUT2D eigenvalue weighted by atomic mass is 16.1. The number of hydrogen-bond acceptors (Lipinski definition) is 2. The fourth-order valence-electron chi connectivity index (χ4n) is 1.92. The van der Waals surface area contributed by atoms with Gasteiger partial charge in [-0.05, 0) is 32.1 Å². The molecule has 0 radical (unpaired) electrons. The van der Waals surface area contributed by atoms with Gasteiger partial charge in [0.25, 0.3) is 0 Å². The van der Waals surface area contributed by atoms with Crippen LogP contribution in [0.3, 0.4) is 0 Å². The number of rotatable bonds is 4. The van der Waals surface area contributed by atoms with Crippen LogP contribution in [0.1, 0.15) is 66.2 Å². The number of Topliss-reactive ketones (excluding diaryl/α,β-unsaturated/α-hetero) is 2. The highest BCUT2D eigenvalue weighted by Gasteiger charge is 2.17. The van der Waals surface area contributed by atoms with Crippen LogP contribution in [0.4, 0.5) is 0 Å². The third kappa shape index (κ3) is 8.63. The Morgan fingerprint density at radius 3 is 1.50 bits per heavy atom. The molecular weight excluding hydrogens is 200 g/mol. The highest BCUT2D eigenvalue weighted by molar-refractivity contribution is 5.78. The van der Waals surface area contributed by atoms with E-state index >= 15 is 0 Å². The summed E-state index contributed by atoms with van der Waals surface area (Å²) in [4.78, 5) is 20.6. The monoisotopic (exact) mass is 226 g/mol. The molecule has 0 bridgehead atoms. The van der Waals surface area contributed by atoms with Crippen molar-refractivity contribution in [3.63, 3.8) is 0 Å². The molecule has 0 saturated heterocycles. The molecule has 2 unspecified atom stereocenters. The molecule has 1 aliphatic carbocycles. The molecule has 1 fully saturated rings. The fraction of sp³-hybridized carbons (Fsp3) is 0.857. The van der Waals surface area contributed by atoms with Crippen LogP contribution in [0.25, 0.3) is 0 Å². The summed E-state index contributed by atoms with van der Waals surface area (Å²) < 4.78 is 0. The van der Waals surface area contributed by atoms with Gasteiger partial charge in [0.2, 0.25) is 0 Å². The van der Waals surface area contributed by atoms with Crippen molar-refractivity contribution in [2.75, 3.05) is 0 Å². The Morgan fingerprint density at radius 1 is 0.938 bits per heavy atom. The van der Waals surface area contributed by atoms with Gasteiger partial charge in [0, 0.05) is 12.8 Å². The van der Waals surface area contributed by atoms with Crippen molar-refractivity contribution in [1.29, 1.82) is 0 Å². The maximum Gasteiger partial charge on any atom is 0.129 e. The summed E-state index contributed by atoms with van der Waals surface area (Å²) in [5.74, 6) is 2.35. The van der Waals surface area contributed by atoms with Crippen molar-refractivity contribution in [3.05, 3.63) is 0 Å². The molecule has 0 spiro atoms. The SMILES string of the molecule is CC(=O)CCCC(C)=O.CC1CCCC1C. The fourth-order valence-corrected chi connectivity index (χ4v) is 1.92. The van der Waals surface area contributed by atoms with Crippen LogP contribution < -0.4 is 0 Å². The van der Waals surface area contributed by atoms with Gasteiger partial charge in [0.05, 0.1) is 0 Å². The van der Waals surface area contributed by atoms with Gasteiger partial charge in [-0.15, -0.1) is 0 Å². The molecule has 0 N–H and O–H groups in total. The van der Waals surface area contributed by atoms with E-state index in [2.05, 4.69) is 13.8 Å². The van der Waals surface area contributed by atoms with Gasteiger partial charge in [-0.3, -0.25) is 0 Å². The van der Waals surface area contributed by atoms with Crippen LogP contribution in [0.2, 0.25) is 0 Å². The second-order valence-corrected chi connectivity index (χ2v) is 5.14. The first-order valence-electron chi connectivity index (χ1n) is 6.42. The molecule has 1 aliphatic rings. The molecule has 0 aromatic carbocycles. The Labute approximate surface area is 99.8 Å². The Morgan fingerprint density at radius 2 is 1.31 bits per heavy atom. The van der Waals surface area contributed by atoms with E-state index < -0.39 is 0 Å². The summed E-state index contributed by atoms with van der Waals surface area (Å²) in [5, 5.41) is 0. The quantitative estimate of drug-likeness (QED) is 0.731. The minimum Gasteiger partial charge on any atom is -0.300 e.